The van der Waals surface area contributed by atoms with Crippen molar-refractivity contribution >= 4 is 35.0 Å². The molecule has 0 aliphatic carbocycles. The fraction of sp³-hybridized carbons (Fsp3) is 0.167. The van der Waals surface area contributed by atoms with Crippen LogP contribution in [-0.4, -0.2) is 23.0 Å². The molecule has 0 bridgehead atoms. The normalized spacial score (nSPS) is 10.6. The molecule has 0 atom stereocenters. The van der Waals surface area contributed by atoms with Gasteiger partial charge in [-0.2, -0.15) is 0 Å². The summed E-state index contributed by atoms with van der Waals surface area (Å²) in [5, 5.41) is 3.75. The summed E-state index contributed by atoms with van der Waals surface area (Å²) >= 11 is 12.3. The van der Waals surface area contributed by atoms with Crippen molar-refractivity contribution in [2.75, 3.05) is 12.4 Å². The van der Waals surface area contributed by atoms with Crippen molar-refractivity contribution in [3.05, 3.63) is 63.7 Å². The number of aromatic nitrogens is 2. The summed E-state index contributed by atoms with van der Waals surface area (Å²) in [7, 11) is 1.27. The van der Waals surface area contributed by atoms with Gasteiger partial charge in [-0.05, 0) is 42.8 Å². The predicted octanol–water partition coefficient (Wildman–Crippen LogP) is 4.75. The van der Waals surface area contributed by atoms with Gasteiger partial charge in [0.15, 0.2) is 11.5 Å². The number of nitrogens with zero attached hydrogens (tertiary/aromatic N) is 2. The molecule has 0 aliphatic rings. The van der Waals surface area contributed by atoms with Crippen LogP contribution < -0.4 is 5.32 Å². The molecule has 0 unspecified atom stereocenters. The minimum absolute atomic E-state index is 0.0181. The number of ether oxygens (including phenoxy) is 1. The van der Waals surface area contributed by atoms with Crippen molar-refractivity contribution in [2.45, 2.75) is 13.5 Å². The van der Waals surface area contributed by atoms with Crippen molar-refractivity contribution in [3.8, 4) is 11.4 Å². The Morgan fingerprint density at radius 1 is 1.27 bits per heavy atom. The van der Waals surface area contributed by atoms with Crippen LogP contribution in [0.3, 0.4) is 0 Å². The van der Waals surface area contributed by atoms with Gasteiger partial charge in [0.2, 0.25) is 0 Å². The number of carbonyl (C=O) groups is 1. The third-order valence-corrected chi connectivity index (χ3v) is 4.26. The summed E-state index contributed by atoms with van der Waals surface area (Å²) in [4.78, 5) is 20.8. The van der Waals surface area contributed by atoms with Crippen LogP contribution in [-0.2, 0) is 11.3 Å². The lowest BCUT2D eigenvalue weighted by atomic mass is 10.1. The highest BCUT2D eigenvalue weighted by Crippen LogP contribution is 2.30. The van der Waals surface area contributed by atoms with E-state index in [1.807, 2.05) is 13.0 Å². The minimum Gasteiger partial charge on any atom is -0.467 e. The molecule has 8 heteroatoms. The number of carbonyl (C=O) groups excluding carboxylic acids is 1. The average molecular weight is 392 g/mol. The number of benzene rings is 1. The molecule has 3 aromatic rings. The zero-order chi connectivity index (χ0) is 18.7. The van der Waals surface area contributed by atoms with Gasteiger partial charge in [-0.25, -0.2) is 14.8 Å². The van der Waals surface area contributed by atoms with Gasteiger partial charge in [0.25, 0.3) is 0 Å². The highest BCUT2D eigenvalue weighted by atomic mass is 35.5. The van der Waals surface area contributed by atoms with Gasteiger partial charge in [0.05, 0.1) is 19.9 Å². The minimum atomic E-state index is -0.647. The van der Waals surface area contributed by atoms with Crippen LogP contribution in [0.4, 0.5) is 5.82 Å². The van der Waals surface area contributed by atoms with Crippen molar-refractivity contribution in [1.29, 1.82) is 0 Å². The number of anilines is 1. The van der Waals surface area contributed by atoms with Crippen molar-refractivity contribution < 1.29 is 13.9 Å². The van der Waals surface area contributed by atoms with Crippen molar-refractivity contribution in [1.82, 2.24) is 9.97 Å². The average Bonchev–Trinajstić information content (AvgIpc) is 3.14. The molecule has 3 rings (SSSR count). The second-order valence-corrected chi connectivity index (χ2v) is 6.26. The van der Waals surface area contributed by atoms with Gasteiger partial charge in [0.1, 0.15) is 16.6 Å². The van der Waals surface area contributed by atoms with Crippen LogP contribution >= 0.6 is 23.2 Å². The van der Waals surface area contributed by atoms with E-state index in [2.05, 4.69) is 15.3 Å². The number of hydrogen-bond donors (Lipinski definition) is 1. The first-order valence-electron chi connectivity index (χ1n) is 7.68. The summed E-state index contributed by atoms with van der Waals surface area (Å²) < 4.78 is 10.1. The molecule has 0 amide bonds. The Bertz CT molecular complexity index is 943. The zero-order valence-corrected chi connectivity index (χ0v) is 15.6. The molecule has 0 saturated carbocycles. The Morgan fingerprint density at radius 2 is 2.08 bits per heavy atom. The lowest BCUT2D eigenvalue weighted by Crippen LogP contribution is -2.11. The van der Waals surface area contributed by atoms with Crippen molar-refractivity contribution in [3.63, 3.8) is 0 Å². The highest BCUT2D eigenvalue weighted by Gasteiger charge is 2.21. The van der Waals surface area contributed by atoms with E-state index < -0.39 is 5.97 Å². The first-order valence-corrected chi connectivity index (χ1v) is 8.44. The maximum absolute atomic E-state index is 12.1. The van der Waals surface area contributed by atoms with Gasteiger partial charge >= 0.3 is 5.97 Å². The number of halogens is 2. The SMILES string of the molecule is COC(=O)c1nc(-c2ccc(Cl)cc2C)nc(NCc2ccco2)c1Cl. The van der Waals surface area contributed by atoms with Gasteiger partial charge in [0, 0.05) is 10.6 Å². The second-order valence-electron chi connectivity index (χ2n) is 5.44. The summed E-state index contributed by atoms with van der Waals surface area (Å²) in [6, 6.07) is 8.91. The van der Waals surface area contributed by atoms with E-state index in [0.717, 1.165) is 11.1 Å². The molecule has 0 radical (unpaired) electrons. The van der Waals surface area contributed by atoms with E-state index in [1.165, 1.54) is 7.11 Å². The monoisotopic (exact) mass is 391 g/mol. The van der Waals surface area contributed by atoms with Crippen LogP contribution in [0.5, 0.6) is 0 Å². The Morgan fingerprint density at radius 3 is 2.73 bits per heavy atom. The molecule has 1 N–H and O–H groups in total. The molecule has 134 valence electrons. The van der Waals surface area contributed by atoms with Crippen LogP contribution in [0.2, 0.25) is 10.0 Å². The Labute approximate surface area is 160 Å². The van der Waals surface area contributed by atoms with E-state index in [4.69, 9.17) is 32.4 Å². The van der Waals surface area contributed by atoms with Crippen molar-refractivity contribution in [2.24, 2.45) is 0 Å². The van der Waals surface area contributed by atoms with E-state index in [1.54, 1.807) is 30.5 Å². The zero-order valence-electron chi connectivity index (χ0n) is 14.0. The largest absolute Gasteiger partial charge is 0.467 e. The smallest absolute Gasteiger partial charge is 0.358 e. The third kappa shape index (κ3) is 3.81. The number of hydrogen-bond acceptors (Lipinski definition) is 6. The summed E-state index contributed by atoms with van der Waals surface area (Å²) in [5.74, 6) is 0.698. The summed E-state index contributed by atoms with van der Waals surface area (Å²) in [6.45, 7) is 2.23. The standard InChI is InChI=1S/C18H15Cl2N3O3/c1-10-8-11(19)5-6-13(10)16-22-15(18(24)25-2)14(20)17(23-16)21-9-12-4-3-7-26-12/h3-8H,9H2,1-2H3,(H,21,22,23). The lowest BCUT2D eigenvalue weighted by molar-refractivity contribution is 0.0594. The maximum Gasteiger partial charge on any atom is 0.358 e. The number of rotatable bonds is 5. The third-order valence-electron chi connectivity index (χ3n) is 3.67. The molecular formula is C18H15Cl2N3O3. The molecule has 2 heterocycles. The molecule has 0 saturated heterocycles. The molecule has 0 spiro atoms. The first kappa shape index (κ1) is 18.2. The number of methoxy groups -OCH3 is 1. The first-order chi connectivity index (χ1) is 12.5. The number of nitrogens with one attached hydrogen (secondary N) is 1. The number of aryl methyl sites for hydroxylation is 1. The lowest BCUT2D eigenvalue weighted by Gasteiger charge is -2.12. The molecule has 6 nitrogen and oxygen atoms in total. The van der Waals surface area contributed by atoms with E-state index >= 15 is 0 Å². The molecule has 0 fully saturated rings. The Kier molecular flexibility index (Phi) is 5.44. The van der Waals surface area contributed by atoms with E-state index in [9.17, 15) is 4.79 Å². The fourth-order valence-corrected chi connectivity index (χ4v) is 2.83. The topological polar surface area (TPSA) is 77.2 Å². The Hall–Kier alpha value is -2.57. The van der Waals surface area contributed by atoms with E-state index in [-0.39, 0.29) is 10.7 Å². The van der Waals surface area contributed by atoms with Crippen LogP contribution in [0.15, 0.2) is 41.0 Å². The number of esters is 1. The predicted molar refractivity (Wildman–Crippen MR) is 99.6 cm³/mol. The van der Waals surface area contributed by atoms with Gasteiger partial charge in [-0.15, -0.1) is 0 Å². The molecule has 0 aliphatic heterocycles. The van der Waals surface area contributed by atoms with Crippen LogP contribution in [0.25, 0.3) is 11.4 Å². The van der Waals surface area contributed by atoms with Gasteiger partial charge in [-0.3, -0.25) is 0 Å². The molecule has 26 heavy (non-hydrogen) atoms. The maximum atomic E-state index is 12.1. The summed E-state index contributed by atoms with van der Waals surface area (Å²) in [5.41, 5.74) is 1.58. The molecular weight excluding hydrogens is 377 g/mol. The van der Waals surface area contributed by atoms with Crippen LogP contribution in [0, 0.1) is 6.92 Å². The van der Waals surface area contributed by atoms with Gasteiger partial charge in [-0.1, -0.05) is 23.2 Å². The number of furan rings is 1. The fourth-order valence-electron chi connectivity index (χ4n) is 2.38. The molecule has 1 aromatic carbocycles. The Balaban J connectivity index is 2.06. The van der Waals surface area contributed by atoms with Gasteiger partial charge < -0.3 is 14.5 Å². The quantitative estimate of drug-likeness (QED) is 0.632. The summed E-state index contributed by atoms with van der Waals surface area (Å²) in [6.07, 6.45) is 1.57. The molecule has 2 aromatic heterocycles. The second kappa shape index (κ2) is 7.76. The van der Waals surface area contributed by atoms with Crippen LogP contribution in [0.1, 0.15) is 21.8 Å². The van der Waals surface area contributed by atoms with E-state index in [0.29, 0.717) is 29.0 Å². The highest BCUT2D eigenvalue weighted by molar-refractivity contribution is 6.35.